The smallest absolute Gasteiger partial charge is 0.336 e. The fourth-order valence-corrected chi connectivity index (χ4v) is 1.60. The largest absolute Gasteiger partial charge is 0.478 e. The Morgan fingerprint density at radius 1 is 1.32 bits per heavy atom. The van der Waals surface area contributed by atoms with Gasteiger partial charge in [-0.2, -0.15) is 0 Å². The van der Waals surface area contributed by atoms with Gasteiger partial charge in [-0.1, -0.05) is 12.1 Å². The molecule has 0 spiro atoms. The first kappa shape index (κ1) is 12.8. The number of nitrogens with zero attached hydrogens (tertiary/aromatic N) is 1. The molecule has 0 aliphatic rings. The standard InChI is InChI=1S/C13H12N2O4/c1-8-6-14-11(19-8)7-15-12(16)9-4-2-3-5-10(9)13(17)18/h2-6H,7H2,1H3,(H,15,16)(H,17,18). The van der Waals surface area contributed by atoms with Gasteiger partial charge in [0.1, 0.15) is 5.76 Å². The minimum atomic E-state index is -1.14. The molecule has 19 heavy (non-hydrogen) atoms. The molecule has 1 amide bonds. The fraction of sp³-hybridized carbons (Fsp3) is 0.154. The van der Waals surface area contributed by atoms with Gasteiger partial charge >= 0.3 is 5.97 Å². The number of rotatable bonds is 4. The van der Waals surface area contributed by atoms with Crippen molar-refractivity contribution >= 4 is 11.9 Å². The van der Waals surface area contributed by atoms with Crippen LogP contribution in [0.1, 0.15) is 32.4 Å². The Hall–Kier alpha value is -2.63. The van der Waals surface area contributed by atoms with Crippen LogP contribution in [0.25, 0.3) is 0 Å². The molecule has 0 aliphatic carbocycles. The van der Waals surface area contributed by atoms with Crippen LogP contribution in [0.15, 0.2) is 34.9 Å². The van der Waals surface area contributed by atoms with Crippen LogP contribution in [-0.4, -0.2) is 22.0 Å². The Morgan fingerprint density at radius 2 is 2.00 bits per heavy atom. The van der Waals surface area contributed by atoms with Crippen molar-refractivity contribution in [1.29, 1.82) is 0 Å². The summed E-state index contributed by atoms with van der Waals surface area (Å²) in [6.07, 6.45) is 1.55. The van der Waals surface area contributed by atoms with Crippen molar-refractivity contribution < 1.29 is 19.1 Å². The number of aromatic carboxylic acids is 1. The molecule has 0 radical (unpaired) electrons. The number of oxazole rings is 1. The van der Waals surface area contributed by atoms with Gasteiger partial charge in [0.15, 0.2) is 0 Å². The van der Waals surface area contributed by atoms with Crippen LogP contribution in [-0.2, 0) is 6.54 Å². The van der Waals surface area contributed by atoms with Gasteiger partial charge in [0, 0.05) is 0 Å². The van der Waals surface area contributed by atoms with E-state index in [4.69, 9.17) is 9.52 Å². The second kappa shape index (κ2) is 5.34. The topological polar surface area (TPSA) is 92.4 Å². The number of aromatic nitrogens is 1. The van der Waals surface area contributed by atoms with E-state index in [0.29, 0.717) is 11.7 Å². The van der Waals surface area contributed by atoms with E-state index in [1.807, 2.05) is 0 Å². The summed E-state index contributed by atoms with van der Waals surface area (Å²) in [6, 6.07) is 6.01. The van der Waals surface area contributed by atoms with E-state index in [1.165, 1.54) is 12.1 Å². The SMILES string of the molecule is Cc1cnc(CNC(=O)c2ccccc2C(=O)O)o1. The molecule has 6 heteroatoms. The molecule has 0 unspecified atom stereocenters. The molecule has 6 nitrogen and oxygen atoms in total. The van der Waals surface area contributed by atoms with Gasteiger partial charge in [-0.05, 0) is 19.1 Å². The van der Waals surface area contributed by atoms with Crippen LogP contribution in [0.4, 0.5) is 0 Å². The molecule has 0 saturated carbocycles. The molecule has 2 N–H and O–H groups in total. The van der Waals surface area contributed by atoms with E-state index < -0.39 is 11.9 Å². The molecule has 1 heterocycles. The highest BCUT2D eigenvalue weighted by Crippen LogP contribution is 2.09. The van der Waals surface area contributed by atoms with E-state index >= 15 is 0 Å². The zero-order valence-electron chi connectivity index (χ0n) is 10.2. The maximum atomic E-state index is 11.9. The number of carboxylic acid groups (broad SMARTS) is 1. The molecule has 1 aromatic carbocycles. The lowest BCUT2D eigenvalue weighted by molar-refractivity contribution is 0.0691. The molecular formula is C13H12N2O4. The van der Waals surface area contributed by atoms with Crippen molar-refractivity contribution in [3.63, 3.8) is 0 Å². The normalized spacial score (nSPS) is 10.2. The van der Waals surface area contributed by atoms with Crippen molar-refractivity contribution in [3.8, 4) is 0 Å². The van der Waals surface area contributed by atoms with Crippen LogP contribution < -0.4 is 5.32 Å². The fourth-order valence-electron chi connectivity index (χ4n) is 1.60. The van der Waals surface area contributed by atoms with Crippen LogP contribution in [0, 0.1) is 6.92 Å². The summed E-state index contributed by atoms with van der Waals surface area (Å²) in [5.74, 6) is -0.597. The van der Waals surface area contributed by atoms with Gasteiger partial charge in [-0.3, -0.25) is 4.79 Å². The number of carbonyl (C=O) groups is 2. The Labute approximate surface area is 109 Å². The molecule has 2 aromatic rings. The lowest BCUT2D eigenvalue weighted by Gasteiger charge is -2.05. The van der Waals surface area contributed by atoms with E-state index in [-0.39, 0.29) is 17.7 Å². The van der Waals surface area contributed by atoms with Gasteiger partial charge < -0.3 is 14.8 Å². The highest BCUT2D eigenvalue weighted by molar-refractivity contribution is 6.04. The van der Waals surface area contributed by atoms with Crippen molar-refractivity contribution in [2.24, 2.45) is 0 Å². The summed E-state index contributed by atoms with van der Waals surface area (Å²) in [4.78, 5) is 26.8. The Bertz CT molecular complexity index is 619. The number of nitrogens with one attached hydrogen (secondary N) is 1. The number of hydrogen-bond acceptors (Lipinski definition) is 4. The van der Waals surface area contributed by atoms with Gasteiger partial charge in [0.05, 0.1) is 23.9 Å². The molecule has 0 atom stereocenters. The minimum absolute atomic E-state index is 0.0383. The summed E-state index contributed by atoms with van der Waals surface area (Å²) < 4.78 is 5.21. The van der Waals surface area contributed by atoms with Crippen LogP contribution in [0.2, 0.25) is 0 Å². The first-order valence-corrected chi connectivity index (χ1v) is 5.60. The number of aryl methyl sites for hydroxylation is 1. The number of benzene rings is 1. The Balaban J connectivity index is 2.10. The van der Waals surface area contributed by atoms with E-state index in [1.54, 1.807) is 25.3 Å². The summed E-state index contributed by atoms with van der Waals surface area (Å²) in [7, 11) is 0. The average molecular weight is 260 g/mol. The number of carboxylic acids is 1. The Morgan fingerprint density at radius 3 is 2.58 bits per heavy atom. The third kappa shape index (κ3) is 2.98. The minimum Gasteiger partial charge on any atom is -0.478 e. The molecule has 98 valence electrons. The van der Waals surface area contributed by atoms with Gasteiger partial charge in [-0.25, -0.2) is 9.78 Å². The molecule has 0 saturated heterocycles. The number of carbonyl (C=O) groups excluding carboxylic acids is 1. The first-order valence-electron chi connectivity index (χ1n) is 5.60. The zero-order valence-corrected chi connectivity index (χ0v) is 10.2. The molecule has 2 rings (SSSR count). The van der Waals surface area contributed by atoms with Crippen molar-refractivity contribution in [2.75, 3.05) is 0 Å². The van der Waals surface area contributed by atoms with Gasteiger partial charge in [-0.15, -0.1) is 0 Å². The zero-order chi connectivity index (χ0) is 13.8. The second-order valence-corrected chi connectivity index (χ2v) is 3.90. The van der Waals surface area contributed by atoms with Crippen molar-refractivity contribution in [2.45, 2.75) is 13.5 Å². The van der Waals surface area contributed by atoms with Crippen molar-refractivity contribution in [3.05, 3.63) is 53.2 Å². The van der Waals surface area contributed by atoms with Gasteiger partial charge in [0.25, 0.3) is 5.91 Å². The lowest BCUT2D eigenvalue weighted by atomic mass is 10.1. The quantitative estimate of drug-likeness (QED) is 0.871. The predicted octanol–water partition coefficient (Wildman–Crippen LogP) is 1.61. The van der Waals surface area contributed by atoms with Crippen molar-refractivity contribution in [1.82, 2.24) is 10.3 Å². The monoisotopic (exact) mass is 260 g/mol. The molecular weight excluding hydrogens is 248 g/mol. The highest BCUT2D eigenvalue weighted by atomic mass is 16.4. The van der Waals surface area contributed by atoms with Crippen LogP contribution >= 0.6 is 0 Å². The molecule has 0 fully saturated rings. The van der Waals surface area contributed by atoms with Crippen LogP contribution in [0.5, 0.6) is 0 Å². The number of hydrogen-bond donors (Lipinski definition) is 2. The van der Waals surface area contributed by atoms with E-state index in [0.717, 1.165) is 0 Å². The lowest BCUT2D eigenvalue weighted by Crippen LogP contribution is -2.25. The summed E-state index contributed by atoms with van der Waals surface area (Å²) in [5.41, 5.74) is 0.0712. The Kier molecular flexibility index (Phi) is 3.61. The maximum Gasteiger partial charge on any atom is 0.336 e. The second-order valence-electron chi connectivity index (χ2n) is 3.90. The van der Waals surface area contributed by atoms with E-state index in [9.17, 15) is 9.59 Å². The third-order valence-electron chi connectivity index (χ3n) is 2.47. The number of amides is 1. The molecule has 0 bridgehead atoms. The average Bonchev–Trinajstić information content (AvgIpc) is 2.81. The summed E-state index contributed by atoms with van der Waals surface area (Å²) >= 11 is 0. The highest BCUT2D eigenvalue weighted by Gasteiger charge is 2.15. The maximum absolute atomic E-state index is 11.9. The first-order chi connectivity index (χ1) is 9.08. The molecule has 1 aromatic heterocycles. The van der Waals surface area contributed by atoms with Gasteiger partial charge in [0.2, 0.25) is 5.89 Å². The third-order valence-corrected chi connectivity index (χ3v) is 2.47. The van der Waals surface area contributed by atoms with Crippen LogP contribution in [0.3, 0.4) is 0 Å². The summed E-state index contributed by atoms with van der Waals surface area (Å²) in [6.45, 7) is 1.86. The predicted molar refractivity (Wildman–Crippen MR) is 65.8 cm³/mol. The molecule has 0 aliphatic heterocycles. The van der Waals surface area contributed by atoms with E-state index in [2.05, 4.69) is 10.3 Å². The summed E-state index contributed by atoms with van der Waals surface area (Å²) in [5, 5.41) is 11.6.